The third kappa shape index (κ3) is 3.63. The first-order valence-corrected chi connectivity index (χ1v) is 5.81. The highest BCUT2D eigenvalue weighted by molar-refractivity contribution is 5.16. The monoisotopic (exact) mass is 206 g/mol. The first-order chi connectivity index (χ1) is 7.15. The van der Waals surface area contributed by atoms with Crippen LogP contribution in [-0.4, -0.2) is 17.6 Å². The standard InChI is InChI=1S/C13H22N2/c1-5-8-14-12(4)11(3)13-7-6-10(2)9-15-13/h6-7,9,11-12,14H,5,8H2,1-4H3. The highest BCUT2D eigenvalue weighted by atomic mass is 14.9. The van der Waals surface area contributed by atoms with Gasteiger partial charge in [-0.25, -0.2) is 0 Å². The van der Waals surface area contributed by atoms with E-state index in [9.17, 15) is 0 Å². The second kappa shape index (κ2) is 5.86. The van der Waals surface area contributed by atoms with Gasteiger partial charge in [0.2, 0.25) is 0 Å². The molecule has 0 amide bonds. The van der Waals surface area contributed by atoms with E-state index in [0.717, 1.165) is 6.54 Å². The fourth-order valence-electron chi connectivity index (χ4n) is 1.55. The number of hydrogen-bond donors (Lipinski definition) is 1. The summed E-state index contributed by atoms with van der Waals surface area (Å²) in [7, 11) is 0. The molecule has 2 atom stereocenters. The predicted octanol–water partition coefficient (Wildman–Crippen LogP) is 2.88. The summed E-state index contributed by atoms with van der Waals surface area (Å²) in [6.07, 6.45) is 3.12. The van der Waals surface area contributed by atoms with Crippen LogP contribution in [0.5, 0.6) is 0 Å². The molecule has 1 aromatic rings. The molecule has 15 heavy (non-hydrogen) atoms. The van der Waals surface area contributed by atoms with Gasteiger partial charge < -0.3 is 5.32 Å². The lowest BCUT2D eigenvalue weighted by Gasteiger charge is -2.20. The van der Waals surface area contributed by atoms with E-state index in [1.807, 2.05) is 6.20 Å². The molecule has 1 N–H and O–H groups in total. The summed E-state index contributed by atoms with van der Waals surface area (Å²) in [5.41, 5.74) is 2.40. The Balaban J connectivity index is 2.59. The summed E-state index contributed by atoms with van der Waals surface area (Å²) in [5.74, 6) is 0.470. The number of nitrogens with one attached hydrogen (secondary N) is 1. The Hall–Kier alpha value is -0.890. The van der Waals surface area contributed by atoms with E-state index < -0.39 is 0 Å². The summed E-state index contributed by atoms with van der Waals surface area (Å²) < 4.78 is 0. The third-order valence-corrected chi connectivity index (χ3v) is 2.87. The number of pyridine rings is 1. The zero-order valence-electron chi connectivity index (χ0n) is 10.2. The summed E-state index contributed by atoms with van der Waals surface area (Å²) in [6, 6.07) is 4.75. The molecule has 0 saturated heterocycles. The van der Waals surface area contributed by atoms with Crippen molar-refractivity contribution in [3.05, 3.63) is 29.6 Å². The van der Waals surface area contributed by atoms with Gasteiger partial charge in [-0.1, -0.05) is 19.9 Å². The molecular formula is C13H22N2. The quantitative estimate of drug-likeness (QED) is 0.801. The number of nitrogens with zero attached hydrogens (tertiary/aromatic N) is 1. The van der Waals surface area contributed by atoms with Crippen molar-refractivity contribution < 1.29 is 0 Å². The molecule has 0 bridgehead atoms. The molecule has 0 spiro atoms. The molecule has 0 radical (unpaired) electrons. The summed E-state index contributed by atoms with van der Waals surface area (Å²) in [6.45, 7) is 9.79. The van der Waals surface area contributed by atoms with Crippen LogP contribution < -0.4 is 5.32 Å². The highest BCUT2D eigenvalue weighted by Crippen LogP contribution is 2.16. The van der Waals surface area contributed by atoms with Crippen molar-refractivity contribution in [2.45, 2.75) is 46.1 Å². The summed E-state index contributed by atoms with van der Waals surface area (Å²) in [4.78, 5) is 4.47. The van der Waals surface area contributed by atoms with Crippen molar-refractivity contribution in [1.82, 2.24) is 10.3 Å². The molecule has 0 aliphatic carbocycles. The minimum Gasteiger partial charge on any atom is -0.314 e. The van der Waals surface area contributed by atoms with Crippen molar-refractivity contribution in [2.24, 2.45) is 0 Å². The molecular weight excluding hydrogens is 184 g/mol. The fraction of sp³-hybridized carbons (Fsp3) is 0.615. The van der Waals surface area contributed by atoms with E-state index in [4.69, 9.17) is 0 Å². The number of hydrogen-bond acceptors (Lipinski definition) is 2. The molecule has 1 rings (SSSR count). The van der Waals surface area contributed by atoms with Gasteiger partial charge in [0.25, 0.3) is 0 Å². The first kappa shape index (κ1) is 12.2. The predicted molar refractivity (Wildman–Crippen MR) is 65.1 cm³/mol. The molecule has 2 heteroatoms. The van der Waals surface area contributed by atoms with Gasteiger partial charge in [-0.3, -0.25) is 4.98 Å². The lowest BCUT2D eigenvalue weighted by molar-refractivity contribution is 0.474. The van der Waals surface area contributed by atoms with Gasteiger partial charge in [-0.15, -0.1) is 0 Å². The molecule has 0 fully saturated rings. The normalized spacial score (nSPS) is 14.9. The van der Waals surface area contributed by atoms with Gasteiger partial charge in [-0.2, -0.15) is 0 Å². The van der Waals surface area contributed by atoms with Gasteiger partial charge in [-0.05, 0) is 38.4 Å². The molecule has 2 nitrogen and oxygen atoms in total. The lowest BCUT2D eigenvalue weighted by Crippen LogP contribution is -2.31. The molecule has 1 heterocycles. The van der Waals surface area contributed by atoms with E-state index in [1.165, 1.54) is 17.7 Å². The third-order valence-electron chi connectivity index (χ3n) is 2.87. The minimum absolute atomic E-state index is 0.470. The molecule has 2 unspecified atom stereocenters. The van der Waals surface area contributed by atoms with Crippen LogP contribution in [0.2, 0.25) is 0 Å². The van der Waals surface area contributed by atoms with Crippen molar-refractivity contribution in [3.8, 4) is 0 Å². The van der Waals surface area contributed by atoms with Crippen molar-refractivity contribution in [1.29, 1.82) is 0 Å². The number of aryl methyl sites for hydroxylation is 1. The van der Waals surface area contributed by atoms with E-state index in [1.54, 1.807) is 0 Å². The van der Waals surface area contributed by atoms with Crippen LogP contribution in [0.25, 0.3) is 0 Å². The van der Waals surface area contributed by atoms with E-state index in [0.29, 0.717) is 12.0 Å². The zero-order chi connectivity index (χ0) is 11.3. The van der Waals surface area contributed by atoms with Crippen LogP contribution in [0.4, 0.5) is 0 Å². The Morgan fingerprint density at radius 1 is 1.33 bits per heavy atom. The summed E-state index contributed by atoms with van der Waals surface area (Å²) in [5, 5.41) is 3.51. The zero-order valence-corrected chi connectivity index (χ0v) is 10.2. The number of aromatic nitrogens is 1. The number of rotatable bonds is 5. The SMILES string of the molecule is CCCNC(C)C(C)c1ccc(C)cn1. The van der Waals surface area contributed by atoms with Crippen LogP contribution >= 0.6 is 0 Å². The van der Waals surface area contributed by atoms with Crippen LogP contribution in [0.3, 0.4) is 0 Å². The molecule has 0 saturated carbocycles. The maximum atomic E-state index is 4.47. The maximum Gasteiger partial charge on any atom is 0.0447 e. The molecule has 84 valence electrons. The Bertz CT molecular complexity index is 279. The first-order valence-electron chi connectivity index (χ1n) is 5.81. The van der Waals surface area contributed by atoms with Crippen molar-refractivity contribution in [3.63, 3.8) is 0 Å². The Labute approximate surface area is 93.1 Å². The average molecular weight is 206 g/mol. The Kier molecular flexibility index (Phi) is 4.76. The van der Waals surface area contributed by atoms with E-state index in [2.05, 4.69) is 50.1 Å². The van der Waals surface area contributed by atoms with Crippen molar-refractivity contribution >= 4 is 0 Å². The smallest absolute Gasteiger partial charge is 0.0447 e. The van der Waals surface area contributed by atoms with Gasteiger partial charge >= 0.3 is 0 Å². The fourth-order valence-corrected chi connectivity index (χ4v) is 1.55. The molecule has 0 aromatic carbocycles. The summed E-state index contributed by atoms with van der Waals surface area (Å²) >= 11 is 0. The Morgan fingerprint density at radius 3 is 2.60 bits per heavy atom. The van der Waals surface area contributed by atoms with Crippen LogP contribution in [0.15, 0.2) is 18.3 Å². The topological polar surface area (TPSA) is 24.9 Å². The molecule has 1 aromatic heterocycles. The van der Waals surface area contributed by atoms with Crippen molar-refractivity contribution in [2.75, 3.05) is 6.54 Å². The van der Waals surface area contributed by atoms with Gasteiger partial charge in [0.05, 0.1) is 0 Å². The second-order valence-electron chi connectivity index (χ2n) is 4.29. The van der Waals surface area contributed by atoms with E-state index in [-0.39, 0.29) is 0 Å². The average Bonchev–Trinajstić information content (AvgIpc) is 2.26. The maximum absolute atomic E-state index is 4.47. The Morgan fingerprint density at radius 2 is 2.07 bits per heavy atom. The molecule has 0 aliphatic rings. The second-order valence-corrected chi connectivity index (χ2v) is 4.29. The van der Waals surface area contributed by atoms with Crippen LogP contribution in [0.1, 0.15) is 44.4 Å². The van der Waals surface area contributed by atoms with Gasteiger partial charge in [0.1, 0.15) is 0 Å². The minimum atomic E-state index is 0.470. The highest BCUT2D eigenvalue weighted by Gasteiger charge is 2.14. The lowest BCUT2D eigenvalue weighted by atomic mass is 9.98. The largest absolute Gasteiger partial charge is 0.314 e. The van der Waals surface area contributed by atoms with Crippen LogP contribution in [0, 0.1) is 6.92 Å². The van der Waals surface area contributed by atoms with E-state index >= 15 is 0 Å². The van der Waals surface area contributed by atoms with Gasteiger partial charge in [0, 0.05) is 23.9 Å². The van der Waals surface area contributed by atoms with Crippen LogP contribution in [-0.2, 0) is 0 Å². The molecule has 0 aliphatic heterocycles. The van der Waals surface area contributed by atoms with Gasteiger partial charge in [0.15, 0.2) is 0 Å².